The summed E-state index contributed by atoms with van der Waals surface area (Å²) in [6, 6.07) is 0. The Morgan fingerprint density at radius 3 is 1.37 bits per heavy atom. The number of carbonyl (C=O) groups excluding carboxylic acids is 2. The number of nitrogens with zero attached hydrogens (tertiary/aromatic N) is 1. The highest BCUT2D eigenvalue weighted by molar-refractivity contribution is 7.47. The van der Waals surface area contributed by atoms with E-state index in [1.807, 2.05) is 21.1 Å². The van der Waals surface area contributed by atoms with Crippen LogP contribution in [0.25, 0.3) is 0 Å². The number of phosphoric ester groups is 1. The summed E-state index contributed by atoms with van der Waals surface area (Å²) in [6.45, 7) is 4.40. The first-order valence-corrected chi connectivity index (χ1v) is 26.6. The van der Waals surface area contributed by atoms with Gasteiger partial charge in [-0.05, 0) is 38.5 Å². The largest absolute Gasteiger partial charge is 0.472 e. The van der Waals surface area contributed by atoms with Crippen molar-refractivity contribution in [3.8, 4) is 0 Å². The number of unbranched alkanes of at least 4 members (excludes halogenated alkanes) is 28. The minimum absolute atomic E-state index is 0.0308. The van der Waals surface area contributed by atoms with E-state index in [0.717, 1.165) is 64.2 Å². The first-order chi connectivity index (χ1) is 29.0. The van der Waals surface area contributed by atoms with Crippen LogP contribution in [0.5, 0.6) is 0 Å². The molecular weight excluding hydrogens is 774 g/mol. The molecule has 0 bridgehead atoms. The predicted octanol–water partition coefficient (Wildman–Crippen LogP) is 14.7. The van der Waals surface area contributed by atoms with Crippen molar-refractivity contribution in [2.24, 2.45) is 0 Å². The maximum atomic E-state index is 12.7. The topological polar surface area (TPSA) is 108 Å². The summed E-state index contributed by atoms with van der Waals surface area (Å²) in [5.41, 5.74) is 0. The zero-order valence-electron chi connectivity index (χ0n) is 40.0. The molecule has 0 saturated carbocycles. The molecule has 0 aliphatic heterocycles. The highest BCUT2D eigenvalue weighted by Gasteiger charge is 2.27. The predicted molar refractivity (Wildman–Crippen MR) is 252 cm³/mol. The summed E-state index contributed by atoms with van der Waals surface area (Å²) >= 11 is 0. The Labute approximate surface area is 370 Å². The van der Waals surface area contributed by atoms with Crippen molar-refractivity contribution in [1.29, 1.82) is 0 Å². The van der Waals surface area contributed by atoms with Crippen LogP contribution in [0.2, 0.25) is 0 Å². The lowest BCUT2D eigenvalue weighted by Gasteiger charge is -2.24. The van der Waals surface area contributed by atoms with E-state index in [-0.39, 0.29) is 25.6 Å². The first-order valence-electron chi connectivity index (χ1n) is 25.1. The van der Waals surface area contributed by atoms with Gasteiger partial charge < -0.3 is 18.9 Å². The van der Waals surface area contributed by atoms with Crippen molar-refractivity contribution < 1.29 is 42.1 Å². The molecule has 0 spiro atoms. The summed E-state index contributed by atoms with van der Waals surface area (Å²) in [5.74, 6) is -0.804. The average molecular weight is 871 g/mol. The number of quaternary nitrogens is 1. The standard InChI is InChI=1S/C50H96NO8P/c1-6-8-10-12-14-16-18-20-22-23-24-25-26-27-28-29-31-32-34-36-38-40-42-49(52)56-46-48(47-58-60(54,55)57-45-44-51(3,4)5)59-50(53)43-41-39-37-35-33-30-21-19-17-15-13-11-9-7-2/h13,15,19,21,48H,6-12,14,16-18,20,22-47H2,1-5H3/p+1/b15-13+,21-19+/t48-/m1/s1. The van der Waals surface area contributed by atoms with Gasteiger partial charge in [-0.1, -0.05) is 205 Å². The van der Waals surface area contributed by atoms with E-state index in [9.17, 15) is 19.0 Å². The number of esters is 2. The monoisotopic (exact) mass is 871 g/mol. The molecule has 0 saturated heterocycles. The van der Waals surface area contributed by atoms with Crippen molar-refractivity contribution in [1.82, 2.24) is 0 Å². The summed E-state index contributed by atoms with van der Waals surface area (Å²) in [5, 5.41) is 0. The molecule has 60 heavy (non-hydrogen) atoms. The van der Waals surface area contributed by atoms with Crippen molar-refractivity contribution >= 4 is 19.8 Å². The quantitative estimate of drug-likeness (QED) is 0.0212. The van der Waals surface area contributed by atoms with E-state index in [4.69, 9.17) is 18.5 Å². The molecule has 0 aliphatic rings. The maximum Gasteiger partial charge on any atom is 0.472 e. The van der Waals surface area contributed by atoms with Gasteiger partial charge in [0, 0.05) is 12.8 Å². The van der Waals surface area contributed by atoms with Gasteiger partial charge >= 0.3 is 19.8 Å². The van der Waals surface area contributed by atoms with Gasteiger partial charge in [-0.3, -0.25) is 18.6 Å². The lowest BCUT2D eigenvalue weighted by atomic mass is 10.0. The smallest absolute Gasteiger partial charge is 0.462 e. The Kier molecular flexibility index (Phi) is 41.7. The van der Waals surface area contributed by atoms with Crippen molar-refractivity contribution in [3.05, 3.63) is 24.3 Å². The second kappa shape index (κ2) is 42.8. The number of carbonyl (C=O) groups is 2. The molecule has 0 aromatic carbocycles. The van der Waals surface area contributed by atoms with E-state index in [1.54, 1.807) is 0 Å². The van der Waals surface area contributed by atoms with Crippen LogP contribution in [0.1, 0.15) is 232 Å². The summed E-state index contributed by atoms with van der Waals surface area (Å²) < 4.78 is 34.4. The van der Waals surface area contributed by atoms with Crippen LogP contribution < -0.4 is 0 Å². The zero-order valence-corrected chi connectivity index (χ0v) is 40.9. The molecule has 0 aromatic rings. The summed E-state index contributed by atoms with van der Waals surface area (Å²) in [6.07, 6.45) is 48.0. The molecule has 1 unspecified atom stereocenters. The van der Waals surface area contributed by atoms with Crippen LogP contribution in [0.15, 0.2) is 24.3 Å². The van der Waals surface area contributed by atoms with E-state index in [2.05, 4.69) is 38.2 Å². The third-order valence-electron chi connectivity index (χ3n) is 11.0. The van der Waals surface area contributed by atoms with Gasteiger partial charge in [0.2, 0.25) is 0 Å². The Balaban J connectivity index is 4.19. The molecule has 10 heteroatoms. The Morgan fingerprint density at radius 2 is 0.917 bits per heavy atom. The van der Waals surface area contributed by atoms with Crippen LogP contribution in [-0.2, 0) is 32.7 Å². The number of hydrogen-bond donors (Lipinski definition) is 1. The fourth-order valence-corrected chi connectivity index (χ4v) is 7.77. The molecule has 0 aromatic heterocycles. The SMILES string of the molecule is CCCC/C=C/C/C=C/CCCCCCCC(=O)O[C@H](COC(=O)CCCCCCCCCCCCCCCCCCCCCCCC)COP(=O)(O)OCC[N+](C)(C)C. The minimum atomic E-state index is -4.38. The highest BCUT2D eigenvalue weighted by Crippen LogP contribution is 2.43. The molecule has 0 aliphatic carbocycles. The zero-order chi connectivity index (χ0) is 44.3. The average Bonchev–Trinajstić information content (AvgIpc) is 3.20. The Bertz CT molecular complexity index is 1070. The minimum Gasteiger partial charge on any atom is -0.462 e. The first kappa shape index (κ1) is 58.5. The maximum absolute atomic E-state index is 12.7. The number of rotatable bonds is 46. The van der Waals surface area contributed by atoms with Crippen LogP contribution in [0, 0.1) is 0 Å². The highest BCUT2D eigenvalue weighted by atomic mass is 31.2. The Morgan fingerprint density at radius 1 is 0.517 bits per heavy atom. The van der Waals surface area contributed by atoms with Crippen molar-refractivity contribution in [3.63, 3.8) is 0 Å². The van der Waals surface area contributed by atoms with E-state index in [0.29, 0.717) is 23.9 Å². The molecule has 0 rings (SSSR count). The molecule has 2 atom stereocenters. The molecule has 9 nitrogen and oxygen atoms in total. The third-order valence-corrected chi connectivity index (χ3v) is 12.0. The fourth-order valence-electron chi connectivity index (χ4n) is 7.03. The Hall–Kier alpha value is -1.51. The van der Waals surface area contributed by atoms with E-state index < -0.39 is 26.5 Å². The lowest BCUT2D eigenvalue weighted by molar-refractivity contribution is -0.870. The van der Waals surface area contributed by atoms with Crippen LogP contribution >= 0.6 is 7.82 Å². The number of likely N-dealkylation sites (N-methyl/N-ethyl adjacent to an activating group) is 1. The molecule has 0 heterocycles. The molecule has 0 amide bonds. The number of phosphoric acid groups is 1. The number of ether oxygens (including phenoxy) is 2. The van der Waals surface area contributed by atoms with Gasteiger partial charge in [0.1, 0.15) is 19.8 Å². The van der Waals surface area contributed by atoms with Gasteiger partial charge in [-0.15, -0.1) is 0 Å². The van der Waals surface area contributed by atoms with Crippen LogP contribution in [0.4, 0.5) is 0 Å². The third kappa shape index (κ3) is 46.0. The lowest BCUT2D eigenvalue weighted by Crippen LogP contribution is -2.37. The van der Waals surface area contributed by atoms with Gasteiger partial charge in [0.05, 0.1) is 27.7 Å². The van der Waals surface area contributed by atoms with E-state index >= 15 is 0 Å². The molecule has 0 fully saturated rings. The van der Waals surface area contributed by atoms with Gasteiger partial charge in [-0.25, -0.2) is 4.57 Å². The second-order valence-electron chi connectivity index (χ2n) is 18.2. The fraction of sp³-hybridized carbons (Fsp3) is 0.880. The summed E-state index contributed by atoms with van der Waals surface area (Å²) in [4.78, 5) is 35.5. The molecule has 0 radical (unpaired) electrons. The molecule has 1 N–H and O–H groups in total. The number of allylic oxidation sites excluding steroid dienone is 4. The van der Waals surface area contributed by atoms with Gasteiger partial charge in [0.25, 0.3) is 0 Å². The summed E-state index contributed by atoms with van der Waals surface area (Å²) in [7, 11) is 1.48. The van der Waals surface area contributed by atoms with Crippen molar-refractivity contribution in [2.75, 3.05) is 47.5 Å². The molecule has 354 valence electrons. The van der Waals surface area contributed by atoms with Crippen molar-refractivity contribution in [2.45, 2.75) is 238 Å². The number of hydrogen-bond acceptors (Lipinski definition) is 7. The van der Waals surface area contributed by atoms with Crippen LogP contribution in [-0.4, -0.2) is 74.9 Å². The van der Waals surface area contributed by atoms with Crippen LogP contribution in [0.3, 0.4) is 0 Å². The van der Waals surface area contributed by atoms with Gasteiger partial charge in [-0.2, -0.15) is 0 Å². The normalized spacial score (nSPS) is 13.6. The second-order valence-corrected chi connectivity index (χ2v) is 19.7. The molecular formula is C50H97NO8P+. The van der Waals surface area contributed by atoms with Gasteiger partial charge in [0.15, 0.2) is 6.10 Å². The van der Waals surface area contributed by atoms with E-state index in [1.165, 1.54) is 135 Å².